The molecule has 0 aliphatic carbocycles. The number of rotatable bonds is 3. The van der Waals surface area contributed by atoms with Crippen molar-refractivity contribution >= 4 is 28.4 Å². The normalized spacial score (nSPS) is 17.6. The van der Waals surface area contributed by atoms with E-state index in [4.69, 9.17) is 16.3 Å². The van der Waals surface area contributed by atoms with Crippen molar-refractivity contribution in [3.05, 3.63) is 47.2 Å². The number of pyridine rings is 1. The lowest BCUT2D eigenvalue weighted by atomic mass is 10.0. The number of halogens is 1. The fraction of sp³-hybridized carbons (Fsp3) is 0.278. The number of aromatic amines is 1. The number of hydrogen-bond donors (Lipinski definition) is 2. The predicted octanol–water partition coefficient (Wildman–Crippen LogP) is 3.19. The molecule has 1 atom stereocenters. The zero-order chi connectivity index (χ0) is 17.2. The van der Waals surface area contributed by atoms with Gasteiger partial charge in [-0.25, -0.2) is 4.98 Å². The van der Waals surface area contributed by atoms with Crippen LogP contribution in [0, 0.1) is 0 Å². The fourth-order valence-electron chi connectivity index (χ4n) is 3.04. The van der Waals surface area contributed by atoms with E-state index in [1.807, 2.05) is 6.07 Å². The molecule has 0 spiro atoms. The van der Waals surface area contributed by atoms with Gasteiger partial charge in [-0.15, -0.1) is 0 Å². The first-order chi connectivity index (χ1) is 12.2. The van der Waals surface area contributed by atoms with Gasteiger partial charge in [0, 0.05) is 28.8 Å². The number of fused-ring (bicyclic) bond motifs is 1. The zero-order valence-electron chi connectivity index (χ0n) is 13.5. The molecule has 3 aromatic rings. The summed E-state index contributed by atoms with van der Waals surface area (Å²) in [5.41, 5.74) is 2.78. The highest BCUT2D eigenvalue weighted by atomic mass is 35.5. The van der Waals surface area contributed by atoms with Crippen molar-refractivity contribution in [3.8, 4) is 11.3 Å². The Morgan fingerprint density at radius 3 is 3.04 bits per heavy atom. The molecular formula is C18H17ClN4O2. The third-order valence-electron chi connectivity index (χ3n) is 4.30. The van der Waals surface area contributed by atoms with E-state index in [1.165, 1.54) is 0 Å². The standard InChI is InChI=1S/C18H17ClN4O2/c19-12-3-4-16-14(6-12)15(7-17(23-16)11-8-20-21-9-11)18(24)22-13-2-1-5-25-10-13/h3-4,6-9,13H,1-2,5,10H2,(H,20,21)(H,22,24)/t13-/m1/s1. The van der Waals surface area contributed by atoms with Crippen LogP contribution in [0.5, 0.6) is 0 Å². The summed E-state index contributed by atoms with van der Waals surface area (Å²) in [6, 6.07) is 7.17. The number of carbonyl (C=O) groups excluding carboxylic acids is 1. The van der Waals surface area contributed by atoms with Crippen LogP contribution >= 0.6 is 11.6 Å². The Hall–Kier alpha value is -2.44. The van der Waals surface area contributed by atoms with Gasteiger partial charge in [0.05, 0.1) is 35.6 Å². The average Bonchev–Trinajstić information content (AvgIpc) is 3.16. The summed E-state index contributed by atoms with van der Waals surface area (Å²) in [5, 5.41) is 11.1. The summed E-state index contributed by atoms with van der Waals surface area (Å²) in [6.45, 7) is 1.30. The lowest BCUT2D eigenvalue weighted by Gasteiger charge is -2.23. The zero-order valence-corrected chi connectivity index (χ0v) is 14.2. The van der Waals surface area contributed by atoms with E-state index in [-0.39, 0.29) is 11.9 Å². The second kappa shape index (κ2) is 6.82. The van der Waals surface area contributed by atoms with Gasteiger partial charge >= 0.3 is 0 Å². The fourth-order valence-corrected chi connectivity index (χ4v) is 3.21. The minimum atomic E-state index is -0.144. The third-order valence-corrected chi connectivity index (χ3v) is 4.54. The van der Waals surface area contributed by atoms with Crippen molar-refractivity contribution < 1.29 is 9.53 Å². The number of benzene rings is 1. The number of amides is 1. The van der Waals surface area contributed by atoms with Crippen LogP contribution in [-0.2, 0) is 4.74 Å². The van der Waals surface area contributed by atoms with Crippen LogP contribution in [0.2, 0.25) is 5.02 Å². The van der Waals surface area contributed by atoms with Gasteiger partial charge in [-0.2, -0.15) is 5.10 Å². The van der Waals surface area contributed by atoms with Crippen molar-refractivity contribution in [2.75, 3.05) is 13.2 Å². The maximum atomic E-state index is 12.9. The molecule has 1 fully saturated rings. The van der Waals surface area contributed by atoms with Gasteiger partial charge < -0.3 is 10.1 Å². The minimum absolute atomic E-state index is 0.0287. The van der Waals surface area contributed by atoms with E-state index in [2.05, 4.69) is 20.5 Å². The number of H-pyrrole nitrogens is 1. The van der Waals surface area contributed by atoms with E-state index < -0.39 is 0 Å². The average molecular weight is 357 g/mol. The van der Waals surface area contributed by atoms with Crippen LogP contribution in [0.3, 0.4) is 0 Å². The number of ether oxygens (including phenoxy) is 1. The van der Waals surface area contributed by atoms with Gasteiger partial charge in [0.25, 0.3) is 5.91 Å². The maximum absolute atomic E-state index is 12.9. The Kier molecular flexibility index (Phi) is 4.38. The summed E-state index contributed by atoms with van der Waals surface area (Å²) in [5.74, 6) is -0.144. The van der Waals surface area contributed by atoms with Gasteiger partial charge in [0.15, 0.2) is 0 Å². The molecule has 0 saturated carbocycles. The third kappa shape index (κ3) is 3.36. The molecule has 7 heteroatoms. The number of carbonyl (C=O) groups is 1. The van der Waals surface area contributed by atoms with Crippen LogP contribution in [0.1, 0.15) is 23.2 Å². The Labute approximate surface area is 149 Å². The first kappa shape index (κ1) is 16.1. The molecule has 1 saturated heterocycles. The van der Waals surface area contributed by atoms with Crippen molar-refractivity contribution in [3.63, 3.8) is 0 Å². The molecule has 0 bridgehead atoms. The summed E-state index contributed by atoms with van der Waals surface area (Å²) in [4.78, 5) is 17.5. The second-order valence-electron chi connectivity index (χ2n) is 6.09. The first-order valence-electron chi connectivity index (χ1n) is 8.19. The first-order valence-corrected chi connectivity index (χ1v) is 8.56. The Morgan fingerprint density at radius 2 is 2.28 bits per heavy atom. The number of nitrogens with zero attached hydrogens (tertiary/aromatic N) is 2. The highest BCUT2D eigenvalue weighted by molar-refractivity contribution is 6.31. The molecule has 1 amide bonds. The van der Waals surface area contributed by atoms with Gasteiger partial charge in [-0.1, -0.05) is 11.6 Å². The minimum Gasteiger partial charge on any atom is -0.379 e. The molecular weight excluding hydrogens is 340 g/mol. The van der Waals surface area contributed by atoms with Gasteiger partial charge in [0.2, 0.25) is 0 Å². The molecule has 0 unspecified atom stereocenters. The summed E-state index contributed by atoms with van der Waals surface area (Å²) in [7, 11) is 0. The number of nitrogens with one attached hydrogen (secondary N) is 2. The van der Waals surface area contributed by atoms with Crippen LogP contribution in [0.15, 0.2) is 36.7 Å². The maximum Gasteiger partial charge on any atom is 0.252 e. The lowest BCUT2D eigenvalue weighted by Crippen LogP contribution is -2.40. The van der Waals surface area contributed by atoms with E-state index in [0.717, 1.165) is 30.4 Å². The van der Waals surface area contributed by atoms with E-state index >= 15 is 0 Å². The number of aromatic nitrogens is 3. The molecule has 25 heavy (non-hydrogen) atoms. The molecule has 2 N–H and O–H groups in total. The molecule has 1 aliphatic rings. The Bertz CT molecular complexity index is 905. The second-order valence-corrected chi connectivity index (χ2v) is 6.53. The molecule has 128 valence electrons. The van der Waals surface area contributed by atoms with Gasteiger partial charge in [-0.05, 0) is 37.1 Å². The molecule has 1 aliphatic heterocycles. The molecule has 1 aromatic carbocycles. The Morgan fingerprint density at radius 1 is 1.36 bits per heavy atom. The predicted molar refractivity (Wildman–Crippen MR) is 95.6 cm³/mol. The van der Waals surface area contributed by atoms with Crippen molar-refractivity contribution in [2.45, 2.75) is 18.9 Å². The highest BCUT2D eigenvalue weighted by Gasteiger charge is 2.20. The molecule has 3 heterocycles. The number of hydrogen-bond acceptors (Lipinski definition) is 4. The summed E-state index contributed by atoms with van der Waals surface area (Å²) >= 11 is 6.13. The van der Waals surface area contributed by atoms with Gasteiger partial charge in [-0.3, -0.25) is 9.89 Å². The highest BCUT2D eigenvalue weighted by Crippen LogP contribution is 2.27. The summed E-state index contributed by atoms with van der Waals surface area (Å²) < 4.78 is 5.45. The van der Waals surface area contributed by atoms with E-state index in [9.17, 15) is 4.79 Å². The topological polar surface area (TPSA) is 79.9 Å². The monoisotopic (exact) mass is 356 g/mol. The SMILES string of the molecule is O=C(N[C@@H]1CCCOC1)c1cc(-c2cn[nH]c2)nc2ccc(Cl)cc12. The molecule has 2 aromatic heterocycles. The molecule has 4 rings (SSSR count). The molecule has 6 nitrogen and oxygen atoms in total. The van der Waals surface area contributed by atoms with Crippen LogP contribution in [0.4, 0.5) is 0 Å². The summed E-state index contributed by atoms with van der Waals surface area (Å²) in [6.07, 6.45) is 5.31. The van der Waals surface area contributed by atoms with Crippen molar-refractivity contribution in [1.29, 1.82) is 0 Å². The van der Waals surface area contributed by atoms with E-state index in [0.29, 0.717) is 28.4 Å². The Balaban J connectivity index is 1.76. The largest absolute Gasteiger partial charge is 0.379 e. The van der Waals surface area contributed by atoms with E-state index in [1.54, 1.807) is 30.6 Å². The van der Waals surface area contributed by atoms with Crippen LogP contribution < -0.4 is 5.32 Å². The quantitative estimate of drug-likeness (QED) is 0.755. The smallest absolute Gasteiger partial charge is 0.252 e. The lowest BCUT2D eigenvalue weighted by molar-refractivity contribution is 0.0625. The molecule has 0 radical (unpaired) electrons. The van der Waals surface area contributed by atoms with Crippen LogP contribution in [0.25, 0.3) is 22.2 Å². The van der Waals surface area contributed by atoms with Crippen molar-refractivity contribution in [1.82, 2.24) is 20.5 Å². The van der Waals surface area contributed by atoms with Crippen molar-refractivity contribution in [2.24, 2.45) is 0 Å². The van der Waals surface area contributed by atoms with Gasteiger partial charge in [0.1, 0.15) is 0 Å². The van der Waals surface area contributed by atoms with Crippen LogP contribution in [-0.4, -0.2) is 40.3 Å².